The average Bonchev–Trinajstić information content (AvgIpc) is 2.16. The summed E-state index contributed by atoms with van der Waals surface area (Å²) in [5.74, 6) is 0.0765. The van der Waals surface area contributed by atoms with Gasteiger partial charge in [0, 0.05) is 11.8 Å². The highest BCUT2D eigenvalue weighted by molar-refractivity contribution is 5.48. The van der Waals surface area contributed by atoms with Crippen LogP contribution in [0.4, 0.5) is 20.3 Å². The number of nitrogens with one attached hydrogen (secondary N) is 1. The summed E-state index contributed by atoms with van der Waals surface area (Å²) in [5.41, 5.74) is 0.254. The fraction of sp³-hybridized carbons (Fsp3) is 0.375. The third-order valence-corrected chi connectivity index (χ3v) is 1.71. The summed E-state index contributed by atoms with van der Waals surface area (Å²) in [6, 6.07) is 1.14. The lowest BCUT2D eigenvalue weighted by Gasteiger charge is -2.04. The van der Waals surface area contributed by atoms with Crippen LogP contribution in [0.2, 0.25) is 0 Å². The number of alkyl halides is 2. The summed E-state index contributed by atoms with van der Waals surface area (Å²) in [7, 11) is 0. The Hall–Kier alpha value is -1.79. The summed E-state index contributed by atoms with van der Waals surface area (Å²) in [4.78, 5) is 13.7. The minimum atomic E-state index is -2.52. The number of aromatic nitrogens is 1. The van der Waals surface area contributed by atoms with E-state index in [9.17, 15) is 18.9 Å². The van der Waals surface area contributed by atoms with E-state index in [1.807, 2.05) is 0 Å². The molecule has 0 radical (unpaired) electrons. The molecule has 7 heteroatoms. The number of anilines is 1. The van der Waals surface area contributed by atoms with E-state index >= 15 is 0 Å². The van der Waals surface area contributed by atoms with Crippen LogP contribution in [0.5, 0.6) is 0 Å². The highest BCUT2D eigenvalue weighted by Crippen LogP contribution is 2.19. The molecule has 1 rings (SSSR count). The van der Waals surface area contributed by atoms with Crippen LogP contribution < -0.4 is 5.32 Å². The first kappa shape index (κ1) is 11.3. The fourth-order valence-corrected chi connectivity index (χ4v) is 0.988. The number of rotatable bonds is 4. The lowest BCUT2D eigenvalue weighted by atomic mass is 10.2. The minimum absolute atomic E-state index is 0.0765. The number of nitro groups is 1. The maximum Gasteiger partial charge on any atom is 0.277 e. The average molecular weight is 217 g/mol. The Labute approximate surface area is 84.3 Å². The molecule has 0 aliphatic carbocycles. The highest BCUT2D eigenvalue weighted by atomic mass is 19.3. The van der Waals surface area contributed by atoms with E-state index in [0.717, 1.165) is 6.07 Å². The van der Waals surface area contributed by atoms with Gasteiger partial charge in [-0.2, -0.15) is 0 Å². The van der Waals surface area contributed by atoms with Gasteiger partial charge in [-0.15, -0.1) is 0 Å². The Morgan fingerprint density at radius 3 is 2.87 bits per heavy atom. The largest absolute Gasteiger partial charge is 0.364 e. The lowest BCUT2D eigenvalue weighted by molar-refractivity contribution is -0.385. The molecule has 0 saturated heterocycles. The molecule has 0 bridgehead atoms. The Bertz CT molecular complexity index is 371. The smallest absolute Gasteiger partial charge is 0.277 e. The van der Waals surface area contributed by atoms with Crippen molar-refractivity contribution in [3.05, 3.63) is 27.9 Å². The maximum absolute atomic E-state index is 11.8. The topological polar surface area (TPSA) is 68.1 Å². The zero-order valence-corrected chi connectivity index (χ0v) is 7.91. The first-order valence-electron chi connectivity index (χ1n) is 4.13. The van der Waals surface area contributed by atoms with Gasteiger partial charge in [0.05, 0.1) is 17.5 Å². The van der Waals surface area contributed by atoms with Crippen molar-refractivity contribution in [2.75, 3.05) is 11.9 Å². The molecule has 1 heterocycles. The normalized spacial score (nSPS) is 10.4. The van der Waals surface area contributed by atoms with Gasteiger partial charge in [0.1, 0.15) is 5.82 Å². The first-order valence-corrected chi connectivity index (χ1v) is 4.13. The van der Waals surface area contributed by atoms with Crippen molar-refractivity contribution in [2.45, 2.75) is 13.3 Å². The van der Waals surface area contributed by atoms with Crippen LogP contribution in [0.3, 0.4) is 0 Å². The van der Waals surface area contributed by atoms with Crippen molar-refractivity contribution in [2.24, 2.45) is 0 Å². The van der Waals surface area contributed by atoms with Gasteiger partial charge in [-0.3, -0.25) is 10.1 Å². The molecule has 0 fully saturated rings. The van der Waals surface area contributed by atoms with Crippen molar-refractivity contribution < 1.29 is 13.7 Å². The summed E-state index contributed by atoms with van der Waals surface area (Å²) < 4.78 is 23.7. The number of halogens is 2. The van der Waals surface area contributed by atoms with Crippen LogP contribution in [0, 0.1) is 17.0 Å². The molecule has 0 aliphatic rings. The van der Waals surface area contributed by atoms with E-state index in [4.69, 9.17) is 0 Å². The van der Waals surface area contributed by atoms with Crippen LogP contribution in [0.15, 0.2) is 12.3 Å². The van der Waals surface area contributed by atoms with Crippen molar-refractivity contribution >= 4 is 11.5 Å². The van der Waals surface area contributed by atoms with E-state index in [-0.39, 0.29) is 11.5 Å². The molecular formula is C8H9F2N3O2. The fourth-order valence-electron chi connectivity index (χ4n) is 0.988. The van der Waals surface area contributed by atoms with Gasteiger partial charge in [-0.05, 0) is 6.92 Å². The minimum Gasteiger partial charge on any atom is -0.364 e. The van der Waals surface area contributed by atoms with E-state index in [0.29, 0.717) is 5.56 Å². The SMILES string of the molecule is Cc1cnc(NCC(F)F)cc1[N+](=O)[O-]. The summed E-state index contributed by atoms with van der Waals surface area (Å²) in [6.07, 6.45) is -1.25. The van der Waals surface area contributed by atoms with Crippen molar-refractivity contribution in [1.82, 2.24) is 4.98 Å². The zero-order chi connectivity index (χ0) is 11.4. The molecule has 1 N–H and O–H groups in total. The molecule has 0 atom stereocenters. The highest BCUT2D eigenvalue weighted by Gasteiger charge is 2.12. The van der Waals surface area contributed by atoms with Gasteiger partial charge in [0.2, 0.25) is 0 Å². The molecule has 0 amide bonds. The lowest BCUT2D eigenvalue weighted by Crippen LogP contribution is -2.11. The van der Waals surface area contributed by atoms with Crippen LogP contribution in [-0.2, 0) is 0 Å². The molecule has 15 heavy (non-hydrogen) atoms. The molecule has 5 nitrogen and oxygen atoms in total. The molecule has 1 aromatic heterocycles. The molecular weight excluding hydrogens is 208 g/mol. The van der Waals surface area contributed by atoms with Crippen LogP contribution in [-0.4, -0.2) is 22.9 Å². The first-order chi connectivity index (χ1) is 7.00. The zero-order valence-electron chi connectivity index (χ0n) is 7.91. The molecule has 0 aromatic carbocycles. The third kappa shape index (κ3) is 3.12. The predicted molar refractivity (Wildman–Crippen MR) is 50.1 cm³/mol. The van der Waals surface area contributed by atoms with E-state index < -0.39 is 17.9 Å². The Balaban J connectivity index is 2.83. The van der Waals surface area contributed by atoms with Gasteiger partial charge in [0.15, 0.2) is 0 Å². The summed E-state index contributed by atoms with van der Waals surface area (Å²) >= 11 is 0. The van der Waals surface area contributed by atoms with Gasteiger partial charge >= 0.3 is 0 Å². The number of aryl methyl sites for hydroxylation is 1. The van der Waals surface area contributed by atoms with Crippen molar-refractivity contribution in [3.63, 3.8) is 0 Å². The molecule has 0 aliphatic heterocycles. The predicted octanol–water partition coefficient (Wildman–Crippen LogP) is 1.98. The molecule has 82 valence electrons. The summed E-state index contributed by atoms with van der Waals surface area (Å²) in [5, 5.41) is 12.8. The molecule has 0 spiro atoms. The van der Waals surface area contributed by atoms with E-state index in [2.05, 4.69) is 10.3 Å². The number of nitrogens with zero attached hydrogens (tertiary/aromatic N) is 2. The van der Waals surface area contributed by atoms with Gasteiger partial charge < -0.3 is 5.32 Å². The van der Waals surface area contributed by atoms with E-state index in [1.165, 1.54) is 13.1 Å². The third-order valence-electron chi connectivity index (χ3n) is 1.71. The Morgan fingerprint density at radius 1 is 1.67 bits per heavy atom. The number of pyridine rings is 1. The quantitative estimate of drug-likeness (QED) is 0.618. The Kier molecular flexibility index (Phi) is 3.48. The summed E-state index contributed by atoms with van der Waals surface area (Å²) in [6.45, 7) is 0.954. The molecule has 0 saturated carbocycles. The van der Waals surface area contributed by atoms with E-state index in [1.54, 1.807) is 0 Å². The van der Waals surface area contributed by atoms with Gasteiger partial charge in [0.25, 0.3) is 12.1 Å². The van der Waals surface area contributed by atoms with Crippen LogP contribution in [0.1, 0.15) is 5.56 Å². The van der Waals surface area contributed by atoms with Gasteiger partial charge in [-0.1, -0.05) is 0 Å². The van der Waals surface area contributed by atoms with Crippen LogP contribution in [0.25, 0.3) is 0 Å². The molecule has 0 unspecified atom stereocenters. The van der Waals surface area contributed by atoms with Crippen molar-refractivity contribution in [3.8, 4) is 0 Å². The monoisotopic (exact) mass is 217 g/mol. The Morgan fingerprint density at radius 2 is 2.33 bits per heavy atom. The number of hydrogen-bond donors (Lipinski definition) is 1. The maximum atomic E-state index is 11.8. The van der Waals surface area contributed by atoms with Crippen LogP contribution >= 0.6 is 0 Å². The standard InChI is InChI=1S/C8H9F2N3O2/c1-5-3-11-8(12-4-7(9)10)2-6(5)13(14)15/h2-3,7H,4H2,1H3,(H,11,12). The second-order valence-corrected chi connectivity index (χ2v) is 2.89. The molecule has 1 aromatic rings. The second-order valence-electron chi connectivity index (χ2n) is 2.89. The second kappa shape index (κ2) is 4.63. The van der Waals surface area contributed by atoms with Crippen molar-refractivity contribution in [1.29, 1.82) is 0 Å². The number of hydrogen-bond acceptors (Lipinski definition) is 4. The van der Waals surface area contributed by atoms with Gasteiger partial charge in [-0.25, -0.2) is 13.8 Å².